The van der Waals surface area contributed by atoms with E-state index in [1.54, 1.807) is 0 Å². The van der Waals surface area contributed by atoms with Crippen molar-refractivity contribution in [1.29, 1.82) is 0 Å². The fourth-order valence-corrected chi connectivity index (χ4v) is 8.78. The lowest BCUT2D eigenvalue weighted by atomic mass is 9.51. The van der Waals surface area contributed by atoms with Gasteiger partial charge in [-0.3, -0.25) is 4.79 Å². The highest BCUT2D eigenvalue weighted by Gasteiger charge is 3.05. The molecule has 6 rings (SSSR count). The van der Waals surface area contributed by atoms with Crippen LogP contribution in [-0.2, 0) is 33.3 Å². The van der Waals surface area contributed by atoms with Crippen molar-refractivity contribution < 1.29 is 48.7 Å². The van der Waals surface area contributed by atoms with Crippen LogP contribution in [0.1, 0.15) is 34.6 Å². The molecule has 2 aliphatic carbocycles. The molecule has 0 aromatic heterocycles. The third-order valence-corrected chi connectivity index (χ3v) is 9.42. The van der Waals surface area contributed by atoms with Gasteiger partial charge in [-0.25, -0.2) is 9.59 Å². The van der Waals surface area contributed by atoms with Crippen molar-refractivity contribution in [2.24, 2.45) is 28.1 Å². The second-order valence-corrected chi connectivity index (χ2v) is 11.4. The van der Waals surface area contributed by atoms with Gasteiger partial charge in [0, 0.05) is 6.04 Å². The van der Waals surface area contributed by atoms with E-state index in [1.165, 1.54) is 6.92 Å². The van der Waals surface area contributed by atoms with Crippen LogP contribution in [0.4, 0.5) is 0 Å². The number of fused-ring (bicyclic) bond motifs is 1. The molecule has 11 heteroatoms. The van der Waals surface area contributed by atoms with Crippen LogP contribution in [0.3, 0.4) is 0 Å². The topological polar surface area (TPSA) is 161 Å². The Morgan fingerprint density at radius 2 is 1.70 bits per heavy atom. The first-order chi connectivity index (χ1) is 15.3. The summed E-state index contributed by atoms with van der Waals surface area (Å²) < 4.78 is 23.0. The zero-order valence-corrected chi connectivity index (χ0v) is 19.0. The molecule has 2 spiro atoms. The molecule has 182 valence electrons. The van der Waals surface area contributed by atoms with Crippen molar-refractivity contribution in [1.82, 2.24) is 5.32 Å². The average Bonchev–Trinajstić information content (AvgIpc) is 3.41. The molecule has 0 aromatic carbocycles. The van der Waals surface area contributed by atoms with Gasteiger partial charge >= 0.3 is 17.9 Å². The van der Waals surface area contributed by atoms with Gasteiger partial charge in [0.05, 0.1) is 16.7 Å². The smallest absolute Gasteiger partial charge is 0.343 e. The number of esters is 3. The Morgan fingerprint density at radius 3 is 2.30 bits per heavy atom. The monoisotopic (exact) mass is 467 g/mol. The minimum Gasteiger partial charge on any atom is -0.458 e. The van der Waals surface area contributed by atoms with Gasteiger partial charge in [0.25, 0.3) is 0 Å². The highest BCUT2D eigenvalue weighted by molar-refractivity contribution is 5.94. The zero-order chi connectivity index (χ0) is 24.1. The molecule has 0 amide bonds. The van der Waals surface area contributed by atoms with Crippen LogP contribution < -0.4 is 5.32 Å². The standard InChI is InChI=1S/C22H29NO10/c1-6-23-8-9(18(3,4)5)19-11(25)15(27)32-17(19)33-22-16(28)31-12(8)20(19,22)10(24)13-21(22,29)7(2)14(26)30-13/h7-13,17,23-25,29H,6H2,1-5H3/t7-,8+,9+,10+,11+,12-,13+,17+,19-,20+,21-,22+/m1/s1. The fourth-order valence-electron chi connectivity index (χ4n) is 8.78. The van der Waals surface area contributed by atoms with E-state index < -0.39 is 93.9 Å². The van der Waals surface area contributed by atoms with Gasteiger partial charge in [-0.15, -0.1) is 0 Å². The Morgan fingerprint density at radius 1 is 1.03 bits per heavy atom. The van der Waals surface area contributed by atoms with Crippen molar-refractivity contribution in [3.63, 3.8) is 0 Å². The number of likely N-dealkylation sites (N-methyl/N-ethyl adjacent to an activating group) is 1. The molecule has 2 saturated carbocycles. The van der Waals surface area contributed by atoms with E-state index in [0.717, 1.165) is 0 Å². The van der Waals surface area contributed by atoms with Gasteiger partial charge in [0.2, 0.25) is 11.9 Å². The number of hydrogen-bond acceptors (Lipinski definition) is 11. The average molecular weight is 467 g/mol. The van der Waals surface area contributed by atoms with Gasteiger partial charge in [-0.2, -0.15) is 0 Å². The molecule has 4 saturated heterocycles. The van der Waals surface area contributed by atoms with Crippen LogP contribution >= 0.6 is 0 Å². The van der Waals surface area contributed by atoms with Crippen molar-refractivity contribution in [2.75, 3.05) is 6.54 Å². The third-order valence-electron chi connectivity index (χ3n) is 9.42. The predicted molar refractivity (Wildman–Crippen MR) is 105 cm³/mol. The Kier molecular flexibility index (Phi) is 3.76. The maximum absolute atomic E-state index is 13.7. The van der Waals surface area contributed by atoms with Crippen molar-refractivity contribution >= 4 is 17.9 Å². The quantitative estimate of drug-likeness (QED) is 0.268. The lowest BCUT2D eigenvalue weighted by molar-refractivity contribution is -0.240. The van der Waals surface area contributed by atoms with Gasteiger partial charge < -0.3 is 39.6 Å². The van der Waals surface area contributed by atoms with Crippen LogP contribution in [0, 0.1) is 28.1 Å². The highest BCUT2D eigenvalue weighted by atomic mass is 16.8. The van der Waals surface area contributed by atoms with Gasteiger partial charge in [0.15, 0.2) is 17.8 Å². The molecule has 0 unspecified atom stereocenters. The number of aliphatic hydroxyl groups excluding tert-OH is 2. The van der Waals surface area contributed by atoms with Crippen LogP contribution in [-0.4, -0.2) is 87.7 Å². The molecular formula is C22H29NO10. The highest BCUT2D eigenvalue weighted by Crippen LogP contribution is 2.84. The number of carbonyl (C=O) groups excluding carboxylic acids is 3. The molecule has 6 fully saturated rings. The van der Waals surface area contributed by atoms with Crippen LogP contribution in [0.15, 0.2) is 0 Å². The largest absolute Gasteiger partial charge is 0.458 e. The second kappa shape index (κ2) is 5.71. The maximum atomic E-state index is 13.7. The zero-order valence-electron chi connectivity index (χ0n) is 19.0. The van der Waals surface area contributed by atoms with Crippen molar-refractivity contribution in [2.45, 2.75) is 82.6 Å². The lowest BCUT2D eigenvalue weighted by Gasteiger charge is -2.47. The van der Waals surface area contributed by atoms with Gasteiger partial charge in [-0.05, 0) is 24.8 Å². The molecule has 0 bridgehead atoms. The molecule has 0 radical (unpaired) electrons. The van der Waals surface area contributed by atoms with Crippen LogP contribution in [0.2, 0.25) is 0 Å². The Bertz CT molecular complexity index is 994. The van der Waals surface area contributed by atoms with E-state index in [-0.39, 0.29) is 0 Å². The van der Waals surface area contributed by atoms with E-state index in [1.807, 2.05) is 27.7 Å². The molecular weight excluding hydrogens is 438 g/mol. The van der Waals surface area contributed by atoms with E-state index in [0.29, 0.717) is 6.54 Å². The van der Waals surface area contributed by atoms with Crippen molar-refractivity contribution in [3.8, 4) is 0 Å². The minimum atomic E-state index is -2.29. The summed E-state index contributed by atoms with van der Waals surface area (Å²) in [6.07, 6.45) is -7.46. The summed E-state index contributed by atoms with van der Waals surface area (Å²) in [4.78, 5) is 39.0. The molecule has 0 aromatic rings. The first-order valence-corrected chi connectivity index (χ1v) is 11.4. The number of aliphatic hydroxyl groups is 3. The lowest BCUT2D eigenvalue weighted by Crippen LogP contribution is -2.67. The Labute approximate surface area is 189 Å². The fraction of sp³-hybridized carbons (Fsp3) is 0.864. The molecule has 12 atom stereocenters. The number of hydrogen-bond donors (Lipinski definition) is 4. The predicted octanol–water partition coefficient (Wildman–Crippen LogP) is -1.78. The summed E-state index contributed by atoms with van der Waals surface area (Å²) >= 11 is 0. The van der Waals surface area contributed by atoms with Crippen molar-refractivity contribution in [3.05, 3.63) is 0 Å². The first-order valence-electron chi connectivity index (χ1n) is 11.4. The van der Waals surface area contributed by atoms with Gasteiger partial charge in [0.1, 0.15) is 12.2 Å². The summed E-state index contributed by atoms with van der Waals surface area (Å²) in [5.74, 6) is -4.53. The third kappa shape index (κ3) is 1.69. The summed E-state index contributed by atoms with van der Waals surface area (Å²) in [5, 5.41) is 38.7. The van der Waals surface area contributed by atoms with E-state index in [2.05, 4.69) is 5.32 Å². The summed E-state index contributed by atoms with van der Waals surface area (Å²) in [5.41, 5.74) is -8.64. The van der Waals surface area contributed by atoms with Gasteiger partial charge in [-0.1, -0.05) is 27.7 Å². The summed E-state index contributed by atoms with van der Waals surface area (Å²) in [7, 11) is 0. The molecule has 4 N–H and O–H groups in total. The summed E-state index contributed by atoms with van der Waals surface area (Å²) in [6, 6.07) is -0.612. The SMILES string of the molecule is CCN[C@@H]1[C@H]2OC(=O)[C@]34O[C@@H]5OC(=O)[C@H](O)[C@@]5([C@@H]1C(C)(C)C)[C@]23[C@@H](O)[C@@H]1OC(=O)[C@@H](C)[C@@]14O. The molecule has 11 nitrogen and oxygen atoms in total. The number of nitrogens with one attached hydrogen (secondary N) is 1. The maximum Gasteiger partial charge on any atom is 0.343 e. The Hall–Kier alpha value is -1.79. The van der Waals surface area contributed by atoms with E-state index >= 15 is 0 Å². The number of carbonyl (C=O) groups is 3. The van der Waals surface area contributed by atoms with Crippen LogP contribution in [0.25, 0.3) is 0 Å². The molecule has 33 heavy (non-hydrogen) atoms. The Balaban J connectivity index is 1.74. The minimum absolute atomic E-state index is 0.468. The van der Waals surface area contributed by atoms with E-state index in [9.17, 15) is 29.7 Å². The molecule has 4 heterocycles. The summed E-state index contributed by atoms with van der Waals surface area (Å²) in [6.45, 7) is 9.49. The molecule has 4 aliphatic heterocycles. The number of ether oxygens (including phenoxy) is 4. The first kappa shape index (κ1) is 21.7. The normalized spacial score (nSPS) is 58.0. The second-order valence-electron chi connectivity index (χ2n) is 11.4. The van der Waals surface area contributed by atoms with E-state index in [4.69, 9.17) is 18.9 Å². The number of rotatable bonds is 2. The molecule has 6 aliphatic rings. The van der Waals surface area contributed by atoms with Crippen LogP contribution in [0.5, 0.6) is 0 Å².